The van der Waals surface area contributed by atoms with E-state index in [-0.39, 0.29) is 6.04 Å². The van der Waals surface area contributed by atoms with E-state index in [4.69, 9.17) is 6.42 Å². The van der Waals surface area contributed by atoms with Crippen LogP contribution < -0.4 is 5.32 Å². The highest BCUT2D eigenvalue weighted by Gasteiger charge is 2.18. The first-order valence-corrected chi connectivity index (χ1v) is 5.58. The lowest BCUT2D eigenvalue weighted by Gasteiger charge is -2.26. The van der Waals surface area contributed by atoms with Gasteiger partial charge in [0.15, 0.2) is 0 Å². The molecule has 0 saturated carbocycles. The maximum Gasteiger partial charge on any atom is 0.0660 e. The average molecular weight is 199 g/mol. The molecule has 1 nitrogen and oxygen atoms in total. The molecule has 0 amide bonds. The fourth-order valence-corrected chi connectivity index (χ4v) is 2.24. The van der Waals surface area contributed by atoms with Gasteiger partial charge in [0.1, 0.15) is 0 Å². The molecule has 1 heteroatoms. The van der Waals surface area contributed by atoms with Gasteiger partial charge in [0.25, 0.3) is 0 Å². The highest BCUT2D eigenvalue weighted by atomic mass is 14.9. The van der Waals surface area contributed by atoms with Crippen LogP contribution in [0.4, 0.5) is 0 Å². The van der Waals surface area contributed by atoms with E-state index < -0.39 is 0 Å². The molecule has 1 aliphatic carbocycles. The van der Waals surface area contributed by atoms with E-state index in [0.29, 0.717) is 6.04 Å². The van der Waals surface area contributed by atoms with E-state index >= 15 is 0 Å². The van der Waals surface area contributed by atoms with Crippen LogP contribution in [-0.4, -0.2) is 12.1 Å². The van der Waals surface area contributed by atoms with Crippen molar-refractivity contribution >= 4 is 0 Å². The summed E-state index contributed by atoms with van der Waals surface area (Å²) in [5, 5.41) is 3.47. The second-order valence-corrected chi connectivity index (χ2v) is 4.26. The summed E-state index contributed by atoms with van der Waals surface area (Å²) in [5.41, 5.74) is 2.98. The third kappa shape index (κ3) is 2.40. The highest BCUT2D eigenvalue weighted by Crippen LogP contribution is 2.21. The second-order valence-electron chi connectivity index (χ2n) is 4.26. The summed E-state index contributed by atoms with van der Waals surface area (Å²) in [5.74, 6) is 2.73. The average Bonchev–Trinajstić information content (AvgIpc) is 2.29. The van der Waals surface area contributed by atoms with Crippen molar-refractivity contribution in [1.82, 2.24) is 5.32 Å². The van der Waals surface area contributed by atoms with Crippen molar-refractivity contribution in [3.05, 3.63) is 35.4 Å². The van der Waals surface area contributed by atoms with E-state index in [1.807, 2.05) is 6.92 Å². The van der Waals surface area contributed by atoms with Crippen molar-refractivity contribution in [3.8, 4) is 12.3 Å². The zero-order valence-corrected chi connectivity index (χ0v) is 9.16. The molecule has 2 unspecified atom stereocenters. The van der Waals surface area contributed by atoms with Crippen molar-refractivity contribution in [2.24, 2.45) is 0 Å². The Balaban J connectivity index is 2.03. The second kappa shape index (κ2) is 4.51. The summed E-state index contributed by atoms with van der Waals surface area (Å²) in [6.07, 6.45) is 8.85. The molecule has 78 valence electrons. The van der Waals surface area contributed by atoms with Gasteiger partial charge in [-0.3, -0.25) is 0 Å². The van der Waals surface area contributed by atoms with Gasteiger partial charge in [-0.05, 0) is 37.3 Å². The van der Waals surface area contributed by atoms with Crippen LogP contribution in [0.15, 0.2) is 24.3 Å². The third-order valence-corrected chi connectivity index (χ3v) is 3.08. The predicted molar refractivity (Wildman–Crippen MR) is 63.7 cm³/mol. The van der Waals surface area contributed by atoms with Crippen molar-refractivity contribution in [1.29, 1.82) is 0 Å². The molecule has 1 aromatic rings. The van der Waals surface area contributed by atoms with Gasteiger partial charge < -0.3 is 5.32 Å². The van der Waals surface area contributed by atoms with Gasteiger partial charge in [-0.1, -0.05) is 30.2 Å². The van der Waals surface area contributed by atoms with Crippen LogP contribution in [0.2, 0.25) is 0 Å². The number of rotatable bonds is 2. The van der Waals surface area contributed by atoms with E-state index in [0.717, 1.165) is 6.42 Å². The van der Waals surface area contributed by atoms with Crippen molar-refractivity contribution in [3.63, 3.8) is 0 Å². The van der Waals surface area contributed by atoms with Gasteiger partial charge in [0.2, 0.25) is 0 Å². The monoisotopic (exact) mass is 199 g/mol. The topological polar surface area (TPSA) is 12.0 Å². The Labute approximate surface area is 91.9 Å². The zero-order valence-electron chi connectivity index (χ0n) is 9.16. The number of terminal acetylenes is 1. The van der Waals surface area contributed by atoms with E-state index in [1.54, 1.807) is 0 Å². The van der Waals surface area contributed by atoms with Gasteiger partial charge in [-0.2, -0.15) is 0 Å². The van der Waals surface area contributed by atoms with Crippen LogP contribution in [0.5, 0.6) is 0 Å². The fraction of sp³-hybridized carbons (Fsp3) is 0.429. The Morgan fingerprint density at radius 2 is 2.13 bits per heavy atom. The molecule has 0 saturated heterocycles. The van der Waals surface area contributed by atoms with Crippen molar-refractivity contribution in [2.45, 2.75) is 38.3 Å². The lowest BCUT2D eigenvalue weighted by molar-refractivity contribution is 0.443. The molecule has 0 aliphatic heterocycles. The van der Waals surface area contributed by atoms with Crippen LogP contribution in [0.3, 0.4) is 0 Å². The molecular formula is C14H17N. The Morgan fingerprint density at radius 1 is 1.40 bits per heavy atom. The maximum atomic E-state index is 5.37. The number of hydrogen-bond donors (Lipinski definition) is 1. The Morgan fingerprint density at radius 3 is 2.87 bits per heavy atom. The van der Waals surface area contributed by atoms with Crippen LogP contribution >= 0.6 is 0 Å². The first kappa shape index (κ1) is 10.3. The zero-order chi connectivity index (χ0) is 10.7. The van der Waals surface area contributed by atoms with Crippen molar-refractivity contribution in [2.75, 3.05) is 0 Å². The minimum absolute atomic E-state index is 0.181. The normalized spacial score (nSPS) is 21.5. The Bertz CT molecular complexity index is 375. The number of hydrogen-bond acceptors (Lipinski definition) is 1. The molecule has 2 atom stereocenters. The minimum atomic E-state index is 0.181. The largest absolute Gasteiger partial charge is 0.301 e. The van der Waals surface area contributed by atoms with E-state index in [2.05, 4.69) is 35.5 Å². The molecule has 0 radical (unpaired) electrons. The van der Waals surface area contributed by atoms with Gasteiger partial charge in [-0.25, -0.2) is 0 Å². The van der Waals surface area contributed by atoms with Crippen LogP contribution in [0, 0.1) is 12.3 Å². The standard InChI is InChI=1S/C14H17N/c1-3-11(2)15-14-9-8-12-6-4-5-7-13(12)10-14/h1,4-7,11,14-15H,8-10H2,2H3. The smallest absolute Gasteiger partial charge is 0.0660 e. The van der Waals surface area contributed by atoms with Gasteiger partial charge in [0.05, 0.1) is 6.04 Å². The lowest BCUT2D eigenvalue weighted by Crippen LogP contribution is -2.39. The number of aryl methyl sites for hydroxylation is 1. The summed E-state index contributed by atoms with van der Waals surface area (Å²) in [4.78, 5) is 0. The fourth-order valence-electron chi connectivity index (χ4n) is 2.24. The summed E-state index contributed by atoms with van der Waals surface area (Å²) < 4.78 is 0. The Kier molecular flexibility index (Phi) is 3.08. The van der Waals surface area contributed by atoms with E-state index in [1.165, 1.54) is 24.0 Å². The molecule has 0 fully saturated rings. The molecular weight excluding hydrogens is 182 g/mol. The quantitative estimate of drug-likeness (QED) is 0.720. The molecule has 1 aromatic carbocycles. The number of nitrogens with one attached hydrogen (secondary N) is 1. The molecule has 1 aliphatic rings. The summed E-state index contributed by atoms with van der Waals surface area (Å²) in [6, 6.07) is 9.42. The minimum Gasteiger partial charge on any atom is -0.301 e. The predicted octanol–water partition coefficient (Wildman–Crippen LogP) is 2.16. The van der Waals surface area contributed by atoms with Crippen LogP contribution in [0.1, 0.15) is 24.5 Å². The number of benzene rings is 1. The highest BCUT2D eigenvalue weighted by molar-refractivity contribution is 5.30. The lowest BCUT2D eigenvalue weighted by atomic mass is 9.88. The molecule has 0 heterocycles. The Hall–Kier alpha value is -1.26. The maximum absolute atomic E-state index is 5.37. The first-order chi connectivity index (χ1) is 7.29. The first-order valence-electron chi connectivity index (χ1n) is 5.58. The molecule has 15 heavy (non-hydrogen) atoms. The molecule has 0 aromatic heterocycles. The molecule has 0 spiro atoms. The van der Waals surface area contributed by atoms with Gasteiger partial charge >= 0.3 is 0 Å². The summed E-state index contributed by atoms with van der Waals surface area (Å²) in [6.45, 7) is 2.04. The van der Waals surface area contributed by atoms with E-state index in [9.17, 15) is 0 Å². The third-order valence-electron chi connectivity index (χ3n) is 3.08. The SMILES string of the molecule is C#CC(C)NC1CCc2ccccc2C1. The molecule has 0 bridgehead atoms. The van der Waals surface area contributed by atoms with Crippen molar-refractivity contribution < 1.29 is 0 Å². The van der Waals surface area contributed by atoms with Gasteiger partial charge in [-0.15, -0.1) is 6.42 Å². The molecule has 1 N–H and O–H groups in total. The molecule has 2 rings (SSSR count). The summed E-state index contributed by atoms with van der Waals surface area (Å²) >= 11 is 0. The summed E-state index contributed by atoms with van der Waals surface area (Å²) in [7, 11) is 0. The number of fused-ring (bicyclic) bond motifs is 1. The van der Waals surface area contributed by atoms with Crippen LogP contribution in [0.25, 0.3) is 0 Å². The van der Waals surface area contributed by atoms with Gasteiger partial charge in [0, 0.05) is 6.04 Å². The van der Waals surface area contributed by atoms with Crippen LogP contribution in [-0.2, 0) is 12.8 Å².